The van der Waals surface area contributed by atoms with Crippen LogP contribution >= 0.6 is 11.8 Å². The highest BCUT2D eigenvalue weighted by molar-refractivity contribution is 8.23. The molecule has 3 rings (SSSR count). The Kier molecular flexibility index (Phi) is 5.10. The van der Waals surface area contributed by atoms with Gasteiger partial charge in [-0.15, -0.1) is 0 Å². The van der Waals surface area contributed by atoms with E-state index in [-0.39, 0.29) is 0 Å². The fraction of sp³-hybridized carbons (Fsp3) is 0.316. The molecule has 0 N–H and O–H groups in total. The lowest BCUT2D eigenvalue weighted by atomic mass is 10.0. The zero-order valence-electron chi connectivity index (χ0n) is 12.5. The van der Waals surface area contributed by atoms with Gasteiger partial charge in [0.25, 0.3) is 4.20 Å². The lowest BCUT2D eigenvalue weighted by Gasteiger charge is -2.06. The summed E-state index contributed by atoms with van der Waals surface area (Å²) in [5.74, 6) is 2.53. The first-order valence-electron chi connectivity index (χ1n) is 7.69. The van der Waals surface area contributed by atoms with E-state index < -0.39 is 0 Å². The van der Waals surface area contributed by atoms with Crippen LogP contribution in [-0.4, -0.2) is 15.7 Å². The SMILES string of the molecule is CCCc1ccc(-c2ccc(C3=[S+]CCCS3)cc2)cc1. The summed E-state index contributed by atoms with van der Waals surface area (Å²) in [4.78, 5) is 0. The fourth-order valence-corrected chi connectivity index (χ4v) is 5.12. The maximum Gasteiger partial charge on any atom is 0.265 e. The molecule has 2 aromatic carbocycles. The second kappa shape index (κ2) is 7.24. The molecule has 0 unspecified atom stereocenters. The number of hydrogen-bond acceptors (Lipinski definition) is 1. The molecule has 2 heteroatoms. The topological polar surface area (TPSA) is 0 Å². The molecule has 0 atom stereocenters. The molecule has 0 aliphatic carbocycles. The zero-order valence-corrected chi connectivity index (χ0v) is 14.1. The van der Waals surface area contributed by atoms with E-state index >= 15 is 0 Å². The zero-order chi connectivity index (χ0) is 14.5. The average molecular weight is 314 g/mol. The maximum absolute atomic E-state index is 2.27. The Hall–Kier alpha value is -1.12. The summed E-state index contributed by atoms with van der Waals surface area (Å²) in [6.07, 6.45) is 3.72. The Labute approximate surface area is 135 Å². The highest BCUT2D eigenvalue weighted by Gasteiger charge is 2.18. The third-order valence-electron chi connectivity index (χ3n) is 3.70. The van der Waals surface area contributed by atoms with Gasteiger partial charge in [0.1, 0.15) is 0 Å². The van der Waals surface area contributed by atoms with Crippen LogP contribution in [0.25, 0.3) is 11.1 Å². The van der Waals surface area contributed by atoms with Crippen molar-refractivity contribution in [2.24, 2.45) is 0 Å². The Balaban J connectivity index is 1.78. The molecule has 1 heterocycles. The second-order valence-electron chi connectivity index (χ2n) is 5.36. The first-order valence-corrected chi connectivity index (χ1v) is 9.66. The molecule has 0 saturated heterocycles. The minimum absolute atomic E-state index is 1.17. The Morgan fingerprint density at radius 2 is 1.52 bits per heavy atom. The summed E-state index contributed by atoms with van der Waals surface area (Å²) in [6.45, 7) is 2.23. The van der Waals surface area contributed by atoms with E-state index in [1.807, 2.05) is 23.1 Å². The molecule has 0 fully saturated rings. The molecule has 0 bridgehead atoms. The molecule has 0 saturated carbocycles. The van der Waals surface area contributed by atoms with Gasteiger partial charge < -0.3 is 0 Å². The predicted molar refractivity (Wildman–Crippen MR) is 99.3 cm³/mol. The van der Waals surface area contributed by atoms with Gasteiger partial charge in [0.15, 0.2) is 17.1 Å². The molecule has 1 aliphatic rings. The van der Waals surface area contributed by atoms with Gasteiger partial charge in [0, 0.05) is 17.7 Å². The van der Waals surface area contributed by atoms with Crippen LogP contribution in [0.4, 0.5) is 0 Å². The van der Waals surface area contributed by atoms with Crippen molar-refractivity contribution in [3.05, 3.63) is 59.7 Å². The van der Waals surface area contributed by atoms with Crippen LogP contribution in [0.5, 0.6) is 0 Å². The monoisotopic (exact) mass is 313 g/mol. The van der Waals surface area contributed by atoms with Gasteiger partial charge in [-0.3, -0.25) is 0 Å². The van der Waals surface area contributed by atoms with Crippen molar-refractivity contribution >= 4 is 27.3 Å². The van der Waals surface area contributed by atoms with Gasteiger partial charge in [-0.2, -0.15) is 0 Å². The highest BCUT2D eigenvalue weighted by Crippen LogP contribution is 2.23. The molecule has 0 amide bonds. The number of hydrogen-bond donors (Lipinski definition) is 0. The van der Waals surface area contributed by atoms with Crippen LogP contribution in [0.1, 0.15) is 30.9 Å². The van der Waals surface area contributed by atoms with Crippen LogP contribution in [0.3, 0.4) is 0 Å². The van der Waals surface area contributed by atoms with Gasteiger partial charge in [0.2, 0.25) is 0 Å². The van der Waals surface area contributed by atoms with Crippen molar-refractivity contribution in [1.82, 2.24) is 0 Å². The van der Waals surface area contributed by atoms with Crippen LogP contribution < -0.4 is 0 Å². The number of benzene rings is 2. The van der Waals surface area contributed by atoms with E-state index in [0.717, 1.165) is 0 Å². The van der Waals surface area contributed by atoms with E-state index in [2.05, 4.69) is 55.5 Å². The average Bonchev–Trinajstić information content (AvgIpc) is 2.57. The minimum Gasteiger partial charge on any atom is -0.0651 e. The van der Waals surface area contributed by atoms with Crippen molar-refractivity contribution in [3.8, 4) is 11.1 Å². The lowest BCUT2D eigenvalue weighted by Crippen LogP contribution is -2.06. The number of aryl methyl sites for hydroxylation is 1. The molecule has 21 heavy (non-hydrogen) atoms. The molecule has 108 valence electrons. The second-order valence-corrected chi connectivity index (χ2v) is 7.83. The Morgan fingerprint density at radius 3 is 2.10 bits per heavy atom. The summed E-state index contributed by atoms with van der Waals surface area (Å²) in [7, 11) is 0. The van der Waals surface area contributed by atoms with Crippen LogP contribution in [0.15, 0.2) is 48.5 Å². The molecule has 2 aromatic rings. The van der Waals surface area contributed by atoms with Gasteiger partial charge >= 0.3 is 0 Å². The van der Waals surface area contributed by atoms with E-state index in [0.29, 0.717) is 0 Å². The van der Waals surface area contributed by atoms with Crippen molar-refractivity contribution in [2.75, 3.05) is 11.5 Å². The Morgan fingerprint density at radius 1 is 0.905 bits per heavy atom. The van der Waals surface area contributed by atoms with E-state index in [1.54, 1.807) is 0 Å². The van der Waals surface area contributed by atoms with Crippen LogP contribution in [0, 0.1) is 0 Å². The molecule has 0 nitrogen and oxygen atoms in total. The van der Waals surface area contributed by atoms with Crippen molar-refractivity contribution in [1.29, 1.82) is 0 Å². The quantitative estimate of drug-likeness (QED) is 0.565. The molecular weight excluding hydrogens is 292 g/mol. The largest absolute Gasteiger partial charge is 0.265 e. The van der Waals surface area contributed by atoms with E-state index in [9.17, 15) is 0 Å². The third kappa shape index (κ3) is 3.75. The summed E-state index contributed by atoms with van der Waals surface area (Å²) in [5, 5.41) is 0. The molecule has 0 spiro atoms. The summed E-state index contributed by atoms with van der Waals surface area (Å²) in [6, 6.07) is 18.1. The Bertz CT molecular complexity index is 609. The fourth-order valence-electron chi connectivity index (χ4n) is 2.55. The maximum atomic E-state index is 2.27. The predicted octanol–water partition coefficient (Wildman–Crippen LogP) is 5.00. The molecule has 0 aromatic heterocycles. The van der Waals surface area contributed by atoms with Crippen LogP contribution in [0.2, 0.25) is 0 Å². The van der Waals surface area contributed by atoms with Gasteiger partial charge in [0.05, 0.1) is 0 Å². The van der Waals surface area contributed by atoms with Gasteiger partial charge in [-0.1, -0.05) is 61.5 Å². The summed E-state index contributed by atoms with van der Waals surface area (Å²) >= 11 is 4.01. The molecular formula is C19H21S2+. The minimum atomic E-state index is 1.17. The first-order chi connectivity index (χ1) is 10.4. The van der Waals surface area contributed by atoms with Crippen molar-refractivity contribution in [2.45, 2.75) is 26.2 Å². The number of rotatable bonds is 4. The lowest BCUT2D eigenvalue weighted by molar-refractivity contribution is 0.922. The van der Waals surface area contributed by atoms with E-state index in [4.69, 9.17) is 0 Å². The summed E-state index contributed by atoms with van der Waals surface area (Å²) in [5.41, 5.74) is 5.45. The van der Waals surface area contributed by atoms with Crippen molar-refractivity contribution in [3.63, 3.8) is 0 Å². The van der Waals surface area contributed by atoms with Gasteiger partial charge in [-0.25, -0.2) is 0 Å². The van der Waals surface area contributed by atoms with Crippen LogP contribution in [-0.2, 0) is 17.8 Å². The normalized spacial score (nSPS) is 14.8. The molecule has 1 aliphatic heterocycles. The number of thioether (sulfide) groups is 1. The van der Waals surface area contributed by atoms with Gasteiger partial charge in [-0.05, 0) is 35.2 Å². The smallest absolute Gasteiger partial charge is 0.0651 e. The summed E-state index contributed by atoms with van der Waals surface area (Å²) < 4.78 is 1.49. The molecule has 0 radical (unpaired) electrons. The highest BCUT2D eigenvalue weighted by atomic mass is 32.2. The first kappa shape index (κ1) is 14.8. The van der Waals surface area contributed by atoms with Crippen molar-refractivity contribution < 1.29 is 0 Å². The standard InChI is InChI=1S/C19H21S2/c1-2-4-15-5-7-16(8-6-15)17-9-11-18(12-10-17)19-20-13-3-14-21-19/h5-12H,2-4,13-14H2,1H3/q+1. The van der Waals surface area contributed by atoms with E-state index in [1.165, 1.54) is 57.2 Å². The third-order valence-corrected chi connectivity index (χ3v) is 6.39.